The van der Waals surface area contributed by atoms with Crippen molar-refractivity contribution >= 4 is 5.97 Å². The van der Waals surface area contributed by atoms with E-state index in [1.807, 2.05) is 44.2 Å². The van der Waals surface area contributed by atoms with Gasteiger partial charge in [-0.05, 0) is 42.5 Å². The number of hydrogen-bond acceptors (Lipinski definition) is 2. The third kappa shape index (κ3) is 3.19. The molecule has 1 unspecified atom stereocenters. The van der Waals surface area contributed by atoms with Gasteiger partial charge in [-0.1, -0.05) is 30.3 Å². The van der Waals surface area contributed by atoms with E-state index in [0.29, 0.717) is 6.42 Å². The fraction of sp³-hybridized carbons (Fsp3) is 0.250. The van der Waals surface area contributed by atoms with Gasteiger partial charge in [0.15, 0.2) is 0 Å². The Morgan fingerprint density at radius 1 is 1.26 bits per heavy atom. The minimum absolute atomic E-state index is 0.467. The number of aromatic nitrogens is 1. The van der Waals surface area contributed by atoms with Crippen LogP contribution in [0.25, 0.3) is 0 Å². The summed E-state index contributed by atoms with van der Waals surface area (Å²) in [6.45, 7) is 3.90. The van der Waals surface area contributed by atoms with Gasteiger partial charge < -0.3 is 5.11 Å². The van der Waals surface area contributed by atoms with Gasteiger partial charge in [0, 0.05) is 12.4 Å². The standard InChI is InChI=1S/C16H17NO2/c1-11-7-13(10-17-9-11)8-15(16(18)19)14-6-4-3-5-12(14)2/h3-7,9-10,15H,8H2,1-2H3,(H,18,19). The summed E-state index contributed by atoms with van der Waals surface area (Å²) in [6, 6.07) is 9.62. The van der Waals surface area contributed by atoms with Crippen LogP contribution in [0.3, 0.4) is 0 Å². The van der Waals surface area contributed by atoms with Crippen LogP contribution in [0.2, 0.25) is 0 Å². The number of benzene rings is 1. The minimum atomic E-state index is -0.796. The number of pyridine rings is 1. The maximum Gasteiger partial charge on any atom is 0.311 e. The first-order valence-corrected chi connectivity index (χ1v) is 6.27. The van der Waals surface area contributed by atoms with E-state index in [4.69, 9.17) is 0 Å². The molecule has 0 aliphatic carbocycles. The molecule has 3 heteroatoms. The predicted molar refractivity (Wildman–Crippen MR) is 74.2 cm³/mol. The average molecular weight is 255 g/mol. The molecule has 0 spiro atoms. The number of aryl methyl sites for hydroxylation is 2. The highest BCUT2D eigenvalue weighted by Crippen LogP contribution is 2.24. The molecule has 1 aromatic carbocycles. The van der Waals surface area contributed by atoms with Gasteiger partial charge in [0.1, 0.15) is 0 Å². The van der Waals surface area contributed by atoms with Crippen LogP contribution < -0.4 is 0 Å². The van der Waals surface area contributed by atoms with E-state index in [0.717, 1.165) is 22.3 Å². The predicted octanol–water partition coefficient (Wildman–Crippen LogP) is 3.11. The summed E-state index contributed by atoms with van der Waals surface area (Å²) in [5.74, 6) is -1.32. The molecule has 0 aliphatic heterocycles. The van der Waals surface area contributed by atoms with Crippen molar-refractivity contribution in [2.75, 3.05) is 0 Å². The largest absolute Gasteiger partial charge is 0.481 e. The van der Waals surface area contributed by atoms with E-state index in [1.165, 1.54) is 0 Å². The second-order valence-electron chi connectivity index (χ2n) is 4.82. The van der Waals surface area contributed by atoms with Crippen molar-refractivity contribution in [1.29, 1.82) is 0 Å². The number of aliphatic carboxylic acids is 1. The molecular weight excluding hydrogens is 238 g/mol. The minimum Gasteiger partial charge on any atom is -0.481 e. The van der Waals surface area contributed by atoms with Crippen LogP contribution in [0.5, 0.6) is 0 Å². The van der Waals surface area contributed by atoms with Gasteiger partial charge in [0.2, 0.25) is 0 Å². The fourth-order valence-electron chi connectivity index (χ4n) is 2.27. The zero-order valence-electron chi connectivity index (χ0n) is 11.1. The highest BCUT2D eigenvalue weighted by Gasteiger charge is 2.21. The quantitative estimate of drug-likeness (QED) is 0.913. The maximum absolute atomic E-state index is 11.5. The van der Waals surface area contributed by atoms with Crippen molar-refractivity contribution < 1.29 is 9.90 Å². The molecule has 19 heavy (non-hydrogen) atoms. The molecule has 3 nitrogen and oxygen atoms in total. The van der Waals surface area contributed by atoms with Gasteiger partial charge in [0.05, 0.1) is 5.92 Å². The zero-order valence-corrected chi connectivity index (χ0v) is 11.1. The lowest BCUT2D eigenvalue weighted by Crippen LogP contribution is -2.15. The number of carbonyl (C=O) groups is 1. The van der Waals surface area contributed by atoms with Crippen molar-refractivity contribution in [2.24, 2.45) is 0 Å². The Labute approximate surface area is 112 Å². The zero-order chi connectivity index (χ0) is 13.8. The number of rotatable bonds is 4. The topological polar surface area (TPSA) is 50.2 Å². The summed E-state index contributed by atoms with van der Waals surface area (Å²) in [5, 5.41) is 9.46. The van der Waals surface area contributed by atoms with Crippen molar-refractivity contribution in [2.45, 2.75) is 26.2 Å². The van der Waals surface area contributed by atoms with Crippen LogP contribution in [0, 0.1) is 13.8 Å². The normalized spacial score (nSPS) is 12.1. The molecule has 0 bridgehead atoms. The molecule has 0 amide bonds. The van der Waals surface area contributed by atoms with E-state index in [2.05, 4.69) is 4.98 Å². The highest BCUT2D eigenvalue weighted by molar-refractivity contribution is 5.77. The lowest BCUT2D eigenvalue weighted by Gasteiger charge is -2.15. The van der Waals surface area contributed by atoms with Crippen LogP contribution in [0.15, 0.2) is 42.7 Å². The van der Waals surface area contributed by atoms with Gasteiger partial charge in [0.25, 0.3) is 0 Å². The first-order chi connectivity index (χ1) is 9.08. The van der Waals surface area contributed by atoms with Crippen LogP contribution in [0.4, 0.5) is 0 Å². The molecule has 0 radical (unpaired) electrons. The molecule has 1 heterocycles. The monoisotopic (exact) mass is 255 g/mol. The van der Waals surface area contributed by atoms with Crippen molar-refractivity contribution in [3.63, 3.8) is 0 Å². The number of hydrogen-bond donors (Lipinski definition) is 1. The summed E-state index contributed by atoms with van der Waals surface area (Å²) in [7, 11) is 0. The van der Waals surface area contributed by atoms with Crippen LogP contribution in [-0.2, 0) is 11.2 Å². The van der Waals surface area contributed by atoms with Gasteiger partial charge in [-0.25, -0.2) is 0 Å². The third-order valence-electron chi connectivity index (χ3n) is 3.23. The maximum atomic E-state index is 11.5. The fourth-order valence-corrected chi connectivity index (χ4v) is 2.27. The van der Waals surface area contributed by atoms with Crippen LogP contribution >= 0.6 is 0 Å². The van der Waals surface area contributed by atoms with Gasteiger partial charge in [-0.3, -0.25) is 9.78 Å². The summed E-state index contributed by atoms with van der Waals surface area (Å²) in [6.07, 6.45) is 3.98. The van der Waals surface area contributed by atoms with Crippen LogP contribution in [0.1, 0.15) is 28.2 Å². The Bertz CT molecular complexity index is 593. The average Bonchev–Trinajstić information content (AvgIpc) is 2.37. The van der Waals surface area contributed by atoms with Crippen molar-refractivity contribution in [1.82, 2.24) is 4.98 Å². The van der Waals surface area contributed by atoms with E-state index in [1.54, 1.807) is 12.4 Å². The number of nitrogens with zero attached hydrogens (tertiary/aromatic N) is 1. The molecule has 0 saturated carbocycles. The smallest absolute Gasteiger partial charge is 0.311 e. The highest BCUT2D eigenvalue weighted by atomic mass is 16.4. The molecular formula is C16H17NO2. The summed E-state index contributed by atoms with van der Waals surface area (Å²) in [5.41, 5.74) is 3.88. The Morgan fingerprint density at radius 3 is 2.63 bits per heavy atom. The SMILES string of the molecule is Cc1cncc(CC(C(=O)O)c2ccccc2C)c1. The second kappa shape index (κ2) is 5.65. The van der Waals surface area contributed by atoms with E-state index >= 15 is 0 Å². The van der Waals surface area contributed by atoms with E-state index in [-0.39, 0.29) is 0 Å². The first-order valence-electron chi connectivity index (χ1n) is 6.27. The molecule has 0 saturated heterocycles. The lowest BCUT2D eigenvalue weighted by molar-refractivity contribution is -0.138. The number of carboxylic acid groups (broad SMARTS) is 1. The number of carboxylic acids is 1. The molecule has 1 aromatic heterocycles. The van der Waals surface area contributed by atoms with Crippen molar-refractivity contribution in [3.05, 3.63) is 65.0 Å². The van der Waals surface area contributed by atoms with E-state index < -0.39 is 11.9 Å². The van der Waals surface area contributed by atoms with Crippen LogP contribution in [-0.4, -0.2) is 16.1 Å². The van der Waals surface area contributed by atoms with Crippen molar-refractivity contribution in [3.8, 4) is 0 Å². The molecule has 98 valence electrons. The lowest BCUT2D eigenvalue weighted by atomic mass is 9.89. The molecule has 0 fully saturated rings. The van der Waals surface area contributed by atoms with E-state index in [9.17, 15) is 9.90 Å². The summed E-state index contributed by atoms with van der Waals surface area (Å²) >= 11 is 0. The molecule has 1 atom stereocenters. The second-order valence-corrected chi connectivity index (χ2v) is 4.82. The Hall–Kier alpha value is -2.16. The third-order valence-corrected chi connectivity index (χ3v) is 3.23. The molecule has 2 rings (SSSR count). The van der Waals surface area contributed by atoms with Gasteiger partial charge in [-0.15, -0.1) is 0 Å². The first kappa shape index (κ1) is 13.3. The Balaban J connectivity index is 2.32. The Morgan fingerprint density at radius 2 is 2.00 bits per heavy atom. The summed E-state index contributed by atoms with van der Waals surface area (Å²) < 4.78 is 0. The molecule has 2 aromatic rings. The molecule has 0 aliphatic rings. The summed E-state index contributed by atoms with van der Waals surface area (Å²) in [4.78, 5) is 15.6. The van der Waals surface area contributed by atoms with Gasteiger partial charge >= 0.3 is 5.97 Å². The molecule has 1 N–H and O–H groups in total. The Kier molecular flexibility index (Phi) is 3.95. The van der Waals surface area contributed by atoms with Gasteiger partial charge in [-0.2, -0.15) is 0 Å².